The van der Waals surface area contributed by atoms with E-state index >= 15 is 0 Å². The highest BCUT2D eigenvalue weighted by Crippen LogP contribution is 2.39. The highest BCUT2D eigenvalue weighted by atomic mass is 32.1. The van der Waals surface area contributed by atoms with Gasteiger partial charge in [-0.25, -0.2) is 4.98 Å². The zero-order chi connectivity index (χ0) is 25.9. The third kappa shape index (κ3) is 4.83. The number of benzene rings is 5. The van der Waals surface area contributed by atoms with E-state index in [2.05, 4.69) is 116 Å². The predicted octanol–water partition coefficient (Wildman–Crippen LogP) is 8.76. The number of para-hydroxylation sites is 1. The third-order valence-corrected chi connectivity index (χ3v) is 7.64. The smallest absolute Gasteiger partial charge is 0.124 e. The van der Waals surface area contributed by atoms with Gasteiger partial charge >= 0.3 is 0 Å². The van der Waals surface area contributed by atoms with Gasteiger partial charge in [0, 0.05) is 30.8 Å². The maximum atomic E-state index is 4.93. The Morgan fingerprint density at radius 2 is 1.32 bits per heavy atom. The quantitative estimate of drug-likeness (QED) is 0.222. The summed E-state index contributed by atoms with van der Waals surface area (Å²) in [6.45, 7) is 0. The summed E-state index contributed by atoms with van der Waals surface area (Å²) >= 11 is 1.73. The highest BCUT2D eigenvalue weighted by molar-refractivity contribution is 7.21. The lowest BCUT2D eigenvalue weighted by Gasteiger charge is -2.17. The van der Waals surface area contributed by atoms with Gasteiger partial charge < -0.3 is 4.90 Å². The molecule has 0 atom stereocenters. The minimum Gasteiger partial charge on any atom is -0.377 e. The Bertz CT molecular complexity index is 1760. The van der Waals surface area contributed by atoms with Crippen molar-refractivity contribution in [2.75, 3.05) is 19.0 Å². The van der Waals surface area contributed by atoms with Crippen LogP contribution in [-0.2, 0) is 0 Å². The summed E-state index contributed by atoms with van der Waals surface area (Å²) in [5, 5.41) is 1.03. The molecule has 0 radical (unpaired) electrons. The first-order valence-corrected chi connectivity index (χ1v) is 13.4. The zero-order valence-electron chi connectivity index (χ0n) is 21.3. The van der Waals surface area contributed by atoms with E-state index in [4.69, 9.17) is 4.98 Å². The van der Waals surface area contributed by atoms with Crippen LogP contribution in [0.3, 0.4) is 0 Å². The van der Waals surface area contributed by atoms with E-state index < -0.39 is 0 Å². The minimum atomic E-state index is 1.00. The second kappa shape index (κ2) is 10.4. The Morgan fingerprint density at radius 3 is 2.08 bits per heavy atom. The Hall–Kier alpha value is -4.65. The first-order chi connectivity index (χ1) is 18.7. The van der Waals surface area contributed by atoms with Crippen molar-refractivity contribution in [1.29, 1.82) is 0 Å². The van der Waals surface area contributed by atoms with Gasteiger partial charge in [0.1, 0.15) is 5.01 Å². The third-order valence-electron chi connectivity index (χ3n) is 6.55. The van der Waals surface area contributed by atoms with Crippen LogP contribution >= 0.6 is 11.3 Å². The molecule has 5 aromatic carbocycles. The first kappa shape index (κ1) is 23.7. The molecule has 1 heterocycles. The first-order valence-electron chi connectivity index (χ1n) is 12.6. The molecule has 0 aliphatic rings. The number of fused-ring (bicyclic) bond motifs is 1. The maximum absolute atomic E-state index is 4.93. The average molecular weight is 507 g/mol. The lowest BCUT2D eigenvalue weighted by Crippen LogP contribution is -2.10. The van der Waals surface area contributed by atoms with E-state index in [1.807, 2.05) is 36.4 Å². The maximum Gasteiger partial charge on any atom is 0.124 e. The summed E-state index contributed by atoms with van der Waals surface area (Å²) < 4.78 is 1.20. The predicted molar refractivity (Wildman–Crippen MR) is 163 cm³/mol. The average Bonchev–Trinajstić information content (AvgIpc) is 3.41. The largest absolute Gasteiger partial charge is 0.377 e. The molecule has 0 fully saturated rings. The number of rotatable bonds is 4. The molecule has 0 unspecified atom stereocenters. The Balaban J connectivity index is 1.52. The van der Waals surface area contributed by atoms with E-state index in [0.29, 0.717) is 0 Å². The summed E-state index contributed by atoms with van der Waals surface area (Å²) in [7, 11) is 4.12. The van der Waals surface area contributed by atoms with Gasteiger partial charge in [0.2, 0.25) is 0 Å². The number of anilines is 1. The molecular formula is C35H26N2S. The second-order valence-electron chi connectivity index (χ2n) is 9.36. The molecule has 6 rings (SSSR count). The van der Waals surface area contributed by atoms with Crippen molar-refractivity contribution in [2.45, 2.75) is 0 Å². The van der Waals surface area contributed by atoms with Crippen LogP contribution in [0.5, 0.6) is 0 Å². The number of hydrogen-bond acceptors (Lipinski definition) is 3. The van der Waals surface area contributed by atoms with Gasteiger partial charge in [0.25, 0.3) is 0 Å². The number of aromatic nitrogens is 1. The van der Waals surface area contributed by atoms with E-state index in [1.165, 1.54) is 21.4 Å². The monoisotopic (exact) mass is 506 g/mol. The fourth-order valence-electron chi connectivity index (χ4n) is 4.64. The molecule has 6 aromatic rings. The van der Waals surface area contributed by atoms with Crippen molar-refractivity contribution >= 4 is 27.2 Å². The van der Waals surface area contributed by atoms with Crippen LogP contribution in [0, 0.1) is 11.8 Å². The number of thiazole rings is 1. The van der Waals surface area contributed by atoms with Crippen LogP contribution in [0.2, 0.25) is 0 Å². The Labute approximate surface area is 227 Å². The van der Waals surface area contributed by atoms with Gasteiger partial charge in [-0.15, -0.1) is 11.3 Å². The molecule has 0 amide bonds. The van der Waals surface area contributed by atoms with Gasteiger partial charge in [-0.05, 0) is 64.7 Å². The lowest BCUT2D eigenvalue weighted by molar-refractivity contribution is 1.13. The molecule has 38 heavy (non-hydrogen) atoms. The molecule has 0 N–H and O–H groups in total. The van der Waals surface area contributed by atoms with Crippen molar-refractivity contribution in [1.82, 2.24) is 4.98 Å². The number of hydrogen-bond donors (Lipinski definition) is 0. The van der Waals surface area contributed by atoms with Gasteiger partial charge in [-0.3, -0.25) is 0 Å². The molecule has 1 aromatic heterocycles. The Kier molecular flexibility index (Phi) is 6.48. The topological polar surface area (TPSA) is 16.1 Å². The lowest BCUT2D eigenvalue weighted by atomic mass is 9.91. The summed E-state index contributed by atoms with van der Waals surface area (Å²) in [4.78, 5) is 7.05. The van der Waals surface area contributed by atoms with E-state index in [-0.39, 0.29) is 0 Å². The van der Waals surface area contributed by atoms with Crippen molar-refractivity contribution in [3.63, 3.8) is 0 Å². The molecule has 0 aliphatic carbocycles. The van der Waals surface area contributed by atoms with Crippen molar-refractivity contribution in [2.24, 2.45) is 0 Å². The number of nitrogens with zero attached hydrogens (tertiary/aromatic N) is 2. The molecule has 0 saturated heterocycles. The highest BCUT2D eigenvalue weighted by Gasteiger charge is 2.14. The van der Waals surface area contributed by atoms with E-state index in [1.54, 1.807) is 11.3 Å². The van der Waals surface area contributed by atoms with Crippen LogP contribution in [0.1, 0.15) is 11.1 Å². The van der Waals surface area contributed by atoms with Crippen LogP contribution in [0.4, 0.5) is 5.69 Å². The summed E-state index contributed by atoms with van der Waals surface area (Å²) in [6.07, 6.45) is 0. The fraction of sp³-hybridized carbons (Fsp3) is 0.0571. The van der Waals surface area contributed by atoms with Crippen LogP contribution in [0.15, 0.2) is 121 Å². The molecule has 0 saturated carbocycles. The van der Waals surface area contributed by atoms with Crippen molar-refractivity contribution in [3.05, 3.63) is 132 Å². The van der Waals surface area contributed by atoms with E-state index in [0.717, 1.165) is 38.5 Å². The van der Waals surface area contributed by atoms with Gasteiger partial charge in [-0.1, -0.05) is 90.7 Å². The van der Waals surface area contributed by atoms with Gasteiger partial charge in [0.15, 0.2) is 0 Å². The minimum absolute atomic E-state index is 1.00. The second-order valence-corrected chi connectivity index (χ2v) is 10.4. The van der Waals surface area contributed by atoms with Crippen LogP contribution < -0.4 is 4.90 Å². The van der Waals surface area contributed by atoms with Crippen molar-refractivity contribution in [3.8, 4) is 44.7 Å². The van der Waals surface area contributed by atoms with Crippen molar-refractivity contribution < 1.29 is 0 Å². The summed E-state index contributed by atoms with van der Waals surface area (Å²) in [5.41, 5.74) is 9.94. The fourth-order valence-corrected chi connectivity index (χ4v) is 5.60. The standard InChI is InChI=1S/C35H26N2S/c1-37(2)33-22-20-27(23-28(33)18-17-25-11-5-3-6-12-25)31-24-29(19-21-30(31)26-13-7-4-8-14-26)35-36-32-15-9-10-16-34(32)38-35/h3-16,19-24H,1-2H3. The van der Waals surface area contributed by atoms with Crippen LogP contribution in [0.25, 0.3) is 43.0 Å². The molecule has 2 nitrogen and oxygen atoms in total. The molecule has 182 valence electrons. The van der Waals surface area contributed by atoms with E-state index in [9.17, 15) is 0 Å². The normalized spacial score (nSPS) is 10.7. The van der Waals surface area contributed by atoms with Gasteiger partial charge in [0.05, 0.1) is 15.9 Å². The molecular weight excluding hydrogens is 480 g/mol. The molecule has 0 aliphatic heterocycles. The molecule has 0 bridgehead atoms. The van der Waals surface area contributed by atoms with Gasteiger partial charge in [-0.2, -0.15) is 0 Å². The molecule has 0 spiro atoms. The van der Waals surface area contributed by atoms with Crippen LogP contribution in [-0.4, -0.2) is 19.1 Å². The molecule has 3 heteroatoms. The zero-order valence-corrected chi connectivity index (χ0v) is 22.2. The Morgan fingerprint density at radius 1 is 0.605 bits per heavy atom. The summed E-state index contributed by atoms with van der Waals surface area (Å²) in [5.74, 6) is 6.79. The summed E-state index contributed by atoms with van der Waals surface area (Å²) in [6, 6.07) is 42.3. The SMILES string of the molecule is CN(C)c1ccc(-c2cc(-c3nc4ccccc4s3)ccc2-c2ccccc2)cc1C#Cc1ccccc1.